The molecule has 1 fully saturated rings. The number of hydrogen-bond acceptors (Lipinski definition) is 3. The number of rotatable bonds is 0. The van der Waals surface area contributed by atoms with Crippen molar-refractivity contribution in [3.05, 3.63) is 6.92 Å². The van der Waals surface area contributed by atoms with Crippen LogP contribution in [0.1, 0.15) is 6.42 Å². The van der Waals surface area contributed by atoms with Gasteiger partial charge < -0.3 is 4.74 Å². The van der Waals surface area contributed by atoms with E-state index in [0.717, 1.165) is 0 Å². The van der Waals surface area contributed by atoms with Crippen molar-refractivity contribution in [2.75, 3.05) is 0 Å². The van der Waals surface area contributed by atoms with E-state index in [9.17, 15) is 9.59 Å². The summed E-state index contributed by atoms with van der Waals surface area (Å²) in [7, 11) is 0. The lowest BCUT2D eigenvalue weighted by Crippen LogP contribution is -2.01. The van der Waals surface area contributed by atoms with Crippen molar-refractivity contribution >= 4 is 11.9 Å². The summed E-state index contributed by atoms with van der Waals surface area (Å²) in [5.41, 5.74) is 0. The largest absolute Gasteiger partial charge is 0.393 e. The van der Waals surface area contributed by atoms with Gasteiger partial charge in [0.25, 0.3) is 0 Å². The van der Waals surface area contributed by atoms with Gasteiger partial charge in [0, 0.05) is 0 Å². The highest BCUT2D eigenvalue weighted by atomic mass is 16.6. The zero-order valence-corrected chi connectivity index (χ0v) is 4.09. The summed E-state index contributed by atoms with van der Waals surface area (Å²) < 4.78 is 4.07. The van der Waals surface area contributed by atoms with Gasteiger partial charge in [-0.15, -0.1) is 0 Å². The molecule has 1 heterocycles. The Morgan fingerprint density at radius 3 is 2.38 bits per heavy atom. The van der Waals surface area contributed by atoms with Crippen LogP contribution in [0.2, 0.25) is 0 Å². The molecule has 1 aliphatic heterocycles. The quantitative estimate of drug-likeness (QED) is 0.321. The molecule has 3 heteroatoms. The van der Waals surface area contributed by atoms with E-state index in [1.54, 1.807) is 0 Å². The Morgan fingerprint density at radius 2 is 2.25 bits per heavy atom. The molecule has 2 radical (unpaired) electrons. The average molecular weight is 112 g/mol. The van der Waals surface area contributed by atoms with Crippen LogP contribution in [0.25, 0.3) is 0 Å². The maximum Gasteiger partial charge on any atom is 0.317 e. The fourth-order valence-electron chi connectivity index (χ4n) is 0.492. The van der Waals surface area contributed by atoms with Gasteiger partial charge in [-0.2, -0.15) is 0 Å². The molecule has 42 valence electrons. The first-order chi connectivity index (χ1) is 3.70. The minimum Gasteiger partial charge on any atom is -0.393 e. The molecule has 0 aromatic carbocycles. The Bertz CT molecular complexity index is 139. The van der Waals surface area contributed by atoms with E-state index in [2.05, 4.69) is 4.74 Å². The van der Waals surface area contributed by atoms with Crippen LogP contribution in [0.5, 0.6) is 0 Å². The van der Waals surface area contributed by atoms with E-state index in [1.807, 2.05) is 0 Å². The third-order valence-corrected chi connectivity index (χ3v) is 0.904. The molecule has 0 bridgehead atoms. The lowest BCUT2D eigenvalue weighted by atomic mass is 10.1. The lowest BCUT2D eigenvalue weighted by Gasteiger charge is -1.86. The van der Waals surface area contributed by atoms with Gasteiger partial charge >= 0.3 is 11.9 Å². The zero-order valence-electron chi connectivity index (χ0n) is 4.09. The molecule has 0 aromatic heterocycles. The maximum absolute atomic E-state index is 10.2. The van der Waals surface area contributed by atoms with Crippen molar-refractivity contribution in [2.45, 2.75) is 6.42 Å². The normalized spacial score (nSPS) is 28.4. The molecule has 3 nitrogen and oxygen atoms in total. The summed E-state index contributed by atoms with van der Waals surface area (Å²) in [5, 5.41) is 0. The highest BCUT2D eigenvalue weighted by Crippen LogP contribution is 2.12. The van der Waals surface area contributed by atoms with Gasteiger partial charge in [0.1, 0.15) is 0 Å². The predicted octanol–water partition coefficient (Wildman–Crippen LogP) is -0.213. The predicted molar refractivity (Wildman–Crippen MR) is 23.5 cm³/mol. The minimum atomic E-state index is -0.720. The van der Waals surface area contributed by atoms with Crippen molar-refractivity contribution in [1.29, 1.82) is 0 Å². The molecule has 8 heavy (non-hydrogen) atoms. The highest BCUT2D eigenvalue weighted by Gasteiger charge is 2.29. The Balaban J connectivity index is 2.64. The molecule has 1 aliphatic rings. The van der Waals surface area contributed by atoms with E-state index in [0.29, 0.717) is 0 Å². The smallest absolute Gasteiger partial charge is 0.317 e. The number of esters is 2. The Morgan fingerprint density at radius 1 is 1.62 bits per heavy atom. The molecular formula is C5H4O3. The topological polar surface area (TPSA) is 43.4 Å². The van der Waals surface area contributed by atoms with E-state index in [1.165, 1.54) is 0 Å². The Labute approximate surface area is 46.6 Å². The zero-order chi connectivity index (χ0) is 6.15. The Kier molecular flexibility index (Phi) is 1.04. The van der Waals surface area contributed by atoms with Crippen molar-refractivity contribution in [2.24, 2.45) is 5.92 Å². The second-order valence-corrected chi connectivity index (χ2v) is 1.60. The molecule has 0 aromatic rings. The molecule has 0 aliphatic carbocycles. The third-order valence-electron chi connectivity index (χ3n) is 0.904. The molecule has 0 amide bonds. The van der Waals surface area contributed by atoms with Crippen LogP contribution in [-0.2, 0) is 14.3 Å². The number of cyclic esters (lactones) is 2. The van der Waals surface area contributed by atoms with E-state index in [4.69, 9.17) is 6.92 Å². The number of hydrogen-bond donors (Lipinski definition) is 0. The van der Waals surface area contributed by atoms with E-state index >= 15 is 0 Å². The van der Waals surface area contributed by atoms with Crippen molar-refractivity contribution in [1.82, 2.24) is 0 Å². The molecular weight excluding hydrogens is 108 g/mol. The second-order valence-electron chi connectivity index (χ2n) is 1.60. The lowest BCUT2D eigenvalue weighted by molar-refractivity contribution is -0.152. The third kappa shape index (κ3) is 0.710. The van der Waals surface area contributed by atoms with E-state index in [-0.39, 0.29) is 6.42 Å². The van der Waals surface area contributed by atoms with Crippen molar-refractivity contribution in [3.63, 3.8) is 0 Å². The summed E-state index contributed by atoms with van der Waals surface area (Å²) in [6.07, 6.45) is 0.0266. The highest BCUT2D eigenvalue weighted by molar-refractivity contribution is 5.94. The van der Waals surface area contributed by atoms with Gasteiger partial charge in [0.2, 0.25) is 0 Å². The standard InChI is InChI=1S/C5H4O3/c1-3-2-4(6)8-5(3)7/h1,3H,2H2. The molecule has 1 saturated heterocycles. The summed E-state index contributed by atoms with van der Waals surface area (Å²) in [6.45, 7) is 5.07. The van der Waals surface area contributed by atoms with Crippen molar-refractivity contribution < 1.29 is 14.3 Å². The van der Waals surface area contributed by atoms with Gasteiger partial charge in [0.15, 0.2) is 0 Å². The SMILES string of the molecule is [CH]C1CC(=O)OC1=O. The van der Waals surface area contributed by atoms with Gasteiger partial charge in [-0.3, -0.25) is 9.59 Å². The van der Waals surface area contributed by atoms with Crippen LogP contribution in [-0.4, -0.2) is 11.9 Å². The van der Waals surface area contributed by atoms with Gasteiger partial charge in [-0.25, -0.2) is 0 Å². The summed E-state index contributed by atoms with van der Waals surface area (Å²) in [6, 6.07) is 0. The first-order valence-corrected chi connectivity index (χ1v) is 2.20. The van der Waals surface area contributed by atoms with Crippen LogP contribution >= 0.6 is 0 Å². The second kappa shape index (κ2) is 1.58. The fourth-order valence-corrected chi connectivity index (χ4v) is 0.492. The number of carbonyl (C=O) groups excluding carboxylic acids is 2. The maximum atomic E-state index is 10.2. The summed E-state index contributed by atoms with van der Waals surface area (Å²) in [5.74, 6) is -1.86. The van der Waals surface area contributed by atoms with Gasteiger partial charge in [-0.1, -0.05) is 0 Å². The molecule has 0 saturated carbocycles. The van der Waals surface area contributed by atoms with Crippen molar-refractivity contribution in [3.8, 4) is 0 Å². The molecule has 0 spiro atoms. The fraction of sp³-hybridized carbons (Fsp3) is 0.400. The molecule has 1 unspecified atom stereocenters. The first-order valence-electron chi connectivity index (χ1n) is 2.20. The van der Waals surface area contributed by atoms with Crippen LogP contribution < -0.4 is 0 Å². The Hall–Kier alpha value is -0.860. The van der Waals surface area contributed by atoms with Crippen LogP contribution in [0.3, 0.4) is 0 Å². The summed E-state index contributed by atoms with van der Waals surface area (Å²) in [4.78, 5) is 20.4. The molecule has 1 atom stereocenters. The van der Waals surface area contributed by atoms with Crippen LogP contribution in [0.4, 0.5) is 0 Å². The molecule has 0 N–H and O–H groups in total. The number of ether oxygens (including phenoxy) is 1. The number of carbonyl (C=O) groups is 2. The monoisotopic (exact) mass is 112 g/mol. The van der Waals surface area contributed by atoms with Crippen LogP contribution in [0, 0.1) is 12.8 Å². The average Bonchev–Trinajstić information content (AvgIpc) is 1.85. The van der Waals surface area contributed by atoms with E-state index < -0.39 is 17.9 Å². The minimum absolute atomic E-state index is 0.0266. The van der Waals surface area contributed by atoms with Gasteiger partial charge in [-0.05, 0) is 6.92 Å². The van der Waals surface area contributed by atoms with Gasteiger partial charge in [0.05, 0.1) is 12.3 Å². The first kappa shape index (κ1) is 5.28. The molecule has 1 rings (SSSR count). The summed E-state index contributed by atoms with van der Waals surface area (Å²) >= 11 is 0. The van der Waals surface area contributed by atoms with Crippen LogP contribution in [0.15, 0.2) is 0 Å².